The Bertz CT molecular complexity index is 2890. The summed E-state index contributed by atoms with van der Waals surface area (Å²) in [6.45, 7) is 9.43. The third kappa shape index (κ3) is 8.05. The quantitative estimate of drug-likeness (QED) is 0.0777. The zero-order chi connectivity index (χ0) is 43.7. The predicted molar refractivity (Wildman–Crippen MR) is 286 cm³/mol. The fourth-order valence-electron chi connectivity index (χ4n) is 11.8. The van der Waals surface area contributed by atoms with Crippen molar-refractivity contribution < 1.29 is 0 Å². The minimum Gasteiger partial charge on any atom is -0.310 e. The van der Waals surface area contributed by atoms with Crippen molar-refractivity contribution in [2.75, 3.05) is 4.90 Å². The van der Waals surface area contributed by atoms with E-state index in [-0.39, 0.29) is 18.3 Å². The molecule has 7 aromatic carbocycles. The summed E-state index contributed by atoms with van der Waals surface area (Å²) in [5.74, 6) is 0. The van der Waals surface area contributed by atoms with Gasteiger partial charge in [-0.05, 0) is 105 Å². The lowest BCUT2D eigenvalue weighted by molar-refractivity contribution is 0.398. The molecule has 10 rings (SSSR count). The number of nitrogens with zero attached hydrogens (tertiary/aromatic N) is 1. The minimum absolute atomic E-state index is 0. The molecule has 0 atom stereocenters. The minimum atomic E-state index is -0.0522. The number of rotatable bonds is 18. The maximum absolute atomic E-state index is 2.60. The van der Waals surface area contributed by atoms with Gasteiger partial charge in [0.25, 0.3) is 0 Å². The van der Waals surface area contributed by atoms with Gasteiger partial charge in [0, 0.05) is 47.9 Å². The van der Waals surface area contributed by atoms with Crippen molar-refractivity contribution in [1.29, 1.82) is 0 Å². The highest BCUT2D eigenvalue weighted by Crippen LogP contribution is 2.59. The average Bonchev–Trinajstić information content (AvgIpc) is 3.93. The van der Waals surface area contributed by atoms with Gasteiger partial charge in [0.1, 0.15) is 0 Å². The summed E-state index contributed by atoms with van der Waals surface area (Å²) in [5, 5.41) is 2.70. The van der Waals surface area contributed by atoms with Crippen LogP contribution in [0.2, 0.25) is 0 Å². The summed E-state index contributed by atoms with van der Waals surface area (Å²) in [4.78, 5) is 2.60. The molecule has 0 fully saturated rings. The van der Waals surface area contributed by atoms with Gasteiger partial charge in [-0.25, -0.2) is 0 Å². The number of unbranched alkanes of at least 4 members (excludes halogenated alkanes) is 10. The van der Waals surface area contributed by atoms with E-state index < -0.39 is 0 Å². The normalized spacial score (nSPS) is 13.9. The molecule has 2 aliphatic carbocycles. The standard InChI is InChI=1S/C62H65NS.CH4/c1-5-7-9-11-13-21-41-62(42-22-14-12-10-8-6-2)54-30-19-16-26-49(54)60-55(62)31-24-32-56(60)63(46-39-40-53-51(43-46)48-25-15-18-29-52(48)61(53,3)4)45-37-35-44(36-38-45)47-28-23-34-58-59(47)50-27-17-20-33-57(50)64-58;/h15-20,23-40,43H,5-14,21-22,41-42H2,1-4H3;1H4. The molecule has 2 aliphatic rings. The smallest absolute Gasteiger partial charge is 0.0543 e. The Balaban J connectivity index is 0.00000533. The molecule has 0 radical (unpaired) electrons. The number of fused-ring (bicyclic) bond motifs is 9. The number of hydrogen-bond donors (Lipinski definition) is 0. The summed E-state index contributed by atoms with van der Waals surface area (Å²) >= 11 is 1.89. The highest BCUT2D eigenvalue weighted by Gasteiger charge is 2.44. The van der Waals surface area contributed by atoms with Crippen molar-refractivity contribution in [3.05, 3.63) is 174 Å². The van der Waals surface area contributed by atoms with E-state index in [9.17, 15) is 0 Å². The van der Waals surface area contributed by atoms with E-state index in [1.54, 1.807) is 11.1 Å². The molecule has 1 heterocycles. The summed E-state index contributed by atoms with van der Waals surface area (Å²) in [5.41, 5.74) is 17.7. The molecule has 332 valence electrons. The molecule has 1 nitrogen and oxygen atoms in total. The van der Waals surface area contributed by atoms with E-state index in [4.69, 9.17) is 0 Å². The molecule has 2 heteroatoms. The van der Waals surface area contributed by atoms with Crippen molar-refractivity contribution in [2.24, 2.45) is 0 Å². The van der Waals surface area contributed by atoms with Crippen LogP contribution in [-0.2, 0) is 10.8 Å². The van der Waals surface area contributed by atoms with Gasteiger partial charge in [-0.2, -0.15) is 0 Å². The van der Waals surface area contributed by atoms with Crippen LogP contribution < -0.4 is 4.90 Å². The van der Waals surface area contributed by atoms with E-state index in [2.05, 4.69) is 184 Å². The lowest BCUT2D eigenvalue weighted by Gasteiger charge is -2.34. The molecule has 65 heavy (non-hydrogen) atoms. The molecule has 0 bridgehead atoms. The van der Waals surface area contributed by atoms with Gasteiger partial charge in [0.15, 0.2) is 0 Å². The Morgan fingerprint density at radius 2 is 1.00 bits per heavy atom. The zero-order valence-electron chi connectivity index (χ0n) is 38.7. The van der Waals surface area contributed by atoms with Crippen molar-refractivity contribution in [2.45, 2.75) is 136 Å². The first-order valence-corrected chi connectivity index (χ1v) is 25.5. The van der Waals surface area contributed by atoms with Crippen molar-refractivity contribution >= 4 is 48.6 Å². The highest BCUT2D eigenvalue weighted by atomic mass is 32.1. The molecule has 0 N–H and O–H groups in total. The second kappa shape index (κ2) is 19.2. The van der Waals surface area contributed by atoms with E-state index >= 15 is 0 Å². The first kappa shape index (κ1) is 44.7. The van der Waals surface area contributed by atoms with Crippen molar-refractivity contribution in [1.82, 2.24) is 0 Å². The van der Waals surface area contributed by atoms with Crippen LogP contribution in [0.15, 0.2) is 152 Å². The molecule has 0 aliphatic heterocycles. The van der Waals surface area contributed by atoms with Crippen LogP contribution in [0.3, 0.4) is 0 Å². The van der Waals surface area contributed by atoms with E-state index in [1.807, 2.05) is 11.3 Å². The third-order valence-electron chi connectivity index (χ3n) is 15.1. The first-order valence-electron chi connectivity index (χ1n) is 24.7. The Morgan fingerprint density at radius 3 is 1.74 bits per heavy atom. The topological polar surface area (TPSA) is 3.24 Å². The van der Waals surface area contributed by atoms with Gasteiger partial charge >= 0.3 is 0 Å². The van der Waals surface area contributed by atoms with Gasteiger partial charge < -0.3 is 4.90 Å². The lowest BCUT2D eigenvalue weighted by Crippen LogP contribution is -2.25. The molecule has 0 unspecified atom stereocenters. The number of benzene rings is 7. The van der Waals surface area contributed by atoms with Crippen molar-refractivity contribution in [3.8, 4) is 33.4 Å². The van der Waals surface area contributed by atoms with Crippen LogP contribution in [0.25, 0.3) is 53.6 Å². The number of thiophene rings is 1. The Labute approximate surface area is 394 Å². The number of anilines is 3. The summed E-state index contributed by atoms with van der Waals surface area (Å²) in [6, 6.07) is 58.4. The Morgan fingerprint density at radius 1 is 0.446 bits per heavy atom. The van der Waals surface area contributed by atoms with Gasteiger partial charge in [-0.1, -0.05) is 221 Å². The van der Waals surface area contributed by atoms with Crippen molar-refractivity contribution in [3.63, 3.8) is 0 Å². The monoisotopic (exact) mass is 872 g/mol. The van der Waals surface area contributed by atoms with E-state index in [0.717, 1.165) is 0 Å². The van der Waals surface area contributed by atoms with Gasteiger partial charge in [0.05, 0.1) is 5.69 Å². The number of hydrogen-bond acceptors (Lipinski definition) is 2. The summed E-state index contributed by atoms with van der Waals surface area (Å²) < 4.78 is 2.69. The van der Waals surface area contributed by atoms with Gasteiger partial charge in [-0.3, -0.25) is 0 Å². The van der Waals surface area contributed by atoms with Gasteiger partial charge in [-0.15, -0.1) is 11.3 Å². The second-order valence-corrected chi connectivity index (χ2v) is 20.5. The van der Waals surface area contributed by atoms with Gasteiger partial charge in [0.2, 0.25) is 0 Å². The SMILES string of the molecule is C.CCCCCCCCC1(CCCCCCCC)c2ccccc2-c2c(N(c3ccc(-c4cccc5sc6ccccc6c45)cc3)c3ccc4c(c3)-c3ccccc3C4(C)C)cccc21. The molecule has 8 aromatic rings. The molecular weight excluding hydrogens is 803 g/mol. The fourth-order valence-corrected chi connectivity index (χ4v) is 13.0. The van der Waals surface area contributed by atoms with E-state index in [0.29, 0.717) is 0 Å². The molecule has 1 aromatic heterocycles. The Hall–Kier alpha value is -5.44. The predicted octanol–water partition coefficient (Wildman–Crippen LogP) is 19.9. The maximum Gasteiger partial charge on any atom is 0.0543 e. The second-order valence-electron chi connectivity index (χ2n) is 19.4. The summed E-state index contributed by atoms with van der Waals surface area (Å²) in [7, 11) is 0. The highest BCUT2D eigenvalue weighted by molar-refractivity contribution is 7.25. The van der Waals surface area contributed by atoms with Crippen LogP contribution in [0, 0.1) is 0 Å². The maximum atomic E-state index is 2.60. The van der Waals surface area contributed by atoms with Crippen LogP contribution in [0.1, 0.15) is 147 Å². The molecule has 0 saturated heterocycles. The third-order valence-corrected chi connectivity index (χ3v) is 16.2. The van der Waals surface area contributed by atoms with E-state index in [1.165, 1.54) is 172 Å². The average molecular weight is 872 g/mol. The van der Waals surface area contributed by atoms with Crippen LogP contribution in [0.4, 0.5) is 17.1 Å². The Kier molecular flexibility index (Phi) is 13.2. The molecule has 0 amide bonds. The fraction of sp³-hybridized carbons (Fsp3) is 0.333. The van der Waals surface area contributed by atoms with Crippen LogP contribution in [-0.4, -0.2) is 0 Å². The zero-order valence-corrected chi connectivity index (χ0v) is 39.5. The lowest BCUT2D eigenvalue weighted by atomic mass is 9.70. The molecular formula is C63H69NS. The molecule has 0 spiro atoms. The summed E-state index contributed by atoms with van der Waals surface area (Å²) in [6.07, 6.45) is 18.3. The van der Waals surface area contributed by atoms with Crippen LogP contribution >= 0.6 is 11.3 Å². The largest absolute Gasteiger partial charge is 0.310 e. The molecule has 0 saturated carbocycles. The van der Waals surface area contributed by atoms with Crippen LogP contribution in [0.5, 0.6) is 0 Å². The first-order chi connectivity index (χ1) is 31.4.